The molecule has 1 heterocycles. The molecule has 0 spiro atoms. The zero-order valence-electron chi connectivity index (χ0n) is 16.3. The molecular formula is C25H26N2. The van der Waals surface area contributed by atoms with Gasteiger partial charge in [0.25, 0.3) is 0 Å². The normalized spacial score (nSPS) is 17.1. The van der Waals surface area contributed by atoms with E-state index in [-0.39, 0.29) is 11.5 Å². The molecular weight excluding hydrogens is 328 g/mol. The molecule has 2 heteroatoms. The predicted octanol–water partition coefficient (Wildman–Crippen LogP) is 6.34. The van der Waals surface area contributed by atoms with Crippen LogP contribution in [0.3, 0.4) is 0 Å². The quantitative estimate of drug-likeness (QED) is 0.536. The van der Waals surface area contributed by atoms with Gasteiger partial charge in [-0.3, -0.25) is 5.01 Å². The summed E-state index contributed by atoms with van der Waals surface area (Å²) in [7, 11) is 0. The molecule has 3 aromatic rings. The maximum absolute atomic E-state index is 5.03. The SMILES string of the molecule is CC(C)(C)c1ccc(C2=NN(c3ccccc3)C(c3ccccc3)C2)cc1. The van der Waals surface area contributed by atoms with Crippen molar-refractivity contribution in [2.75, 3.05) is 5.01 Å². The van der Waals surface area contributed by atoms with Gasteiger partial charge in [-0.2, -0.15) is 5.10 Å². The zero-order valence-corrected chi connectivity index (χ0v) is 16.3. The van der Waals surface area contributed by atoms with Gasteiger partial charge in [0.2, 0.25) is 0 Å². The molecule has 0 saturated carbocycles. The van der Waals surface area contributed by atoms with E-state index in [4.69, 9.17) is 5.10 Å². The maximum atomic E-state index is 5.03. The molecule has 0 amide bonds. The van der Waals surface area contributed by atoms with Crippen LogP contribution in [-0.2, 0) is 5.41 Å². The van der Waals surface area contributed by atoms with Gasteiger partial charge in [0.1, 0.15) is 0 Å². The highest BCUT2D eigenvalue weighted by atomic mass is 15.5. The lowest BCUT2D eigenvalue weighted by molar-refractivity contribution is 0.590. The Hall–Kier alpha value is -2.87. The topological polar surface area (TPSA) is 15.6 Å². The minimum atomic E-state index is 0.165. The Morgan fingerprint density at radius 2 is 1.37 bits per heavy atom. The lowest BCUT2D eigenvalue weighted by Crippen LogP contribution is -2.18. The van der Waals surface area contributed by atoms with Gasteiger partial charge in [0.05, 0.1) is 17.4 Å². The van der Waals surface area contributed by atoms with E-state index in [0.29, 0.717) is 0 Å². The van der Waals surface area contributed by atoms with Gasteiger partial charge < -0.3 is 0 Å². The summed E-state index contributed by atoms with van der Waals surface area (Å²) in [6.07, 6.45) is 0.910. The monoisotopic (exact) mass is 354 g/mol. The second-order valence-electron chi connectivity index (χ2n) is 8.18. The summed E-state index contributed by atoms with van der Waals surface area (Å²) in [5, 5.41) is 7.20. The molecule has 1 aliphatic heterocycles. The number of para-hydroxylation sites is 1. The Morgan fingerprint density at radius 1 is 0.778 bits per heavy atom. The first kappa shape index (κ1) is 17.5. The van der Waals surface area contributed by atoms with Crippen LogP contribution in [-0.4, -0.2) is 5.71 Å². The first-order valence-corrected chi connectivity index (χ1v) is 9.60. The third-order valence-corrected chi connectivity index (χ3v) is 5.20. The summed E-state index contributed by atoms with van der Waals surface area (Å²) in [5.74, 6) is 0. The molecule has 0 N–H and O–H groups in total. The van der Waals surface area contributed by atoms with Crippen LogP contribution in [0.25, 0.3) is 0 Å². The minimum Gasteiger partial charge on any atom is -0.257 e. The highest BCUT2D eigenvalue weighted by molar-refractivity contribution is 6.03. The van der Waals surface area contributed by atoms with E-state index in [1.165, 1.54) is 16.7 Å². The fraction of sp³-hybridized carbons (Fsp3) is 0.240. The van der Waals surface area contributed by atoms with E-state index in [9.17, 15) is 0 Å². The van der Waals surface area contributed by atoms with Crippen LogP contribution in [0.15, 0.2) is 90.0 Å². The molecule has 3 aromatic carbocycles. The first-order valence-electron chi connectivity index (χ1n) is 9.60. The molecule has 0 aromatic heterocycles. The Morgan fingerprint density at radius 3 is 1.96 bits per heavy atom. The zero-order chi connectivity index (χ0) is 18.9. The van der Waals surface area contributed by atoms with E-state index >= 15 is 0 Å². The molecule has 1 unspecified atom stereocenters. The molecule has 0 radical (unpaired) electrons. The average Bonchev–Trinajstić information content (AvgIpc) is 3.14. The van der Waals surface area contributed by atoms with Crippen LogP contribution in [0.2, 0.25) is 0 Å². The smallest absolute Gasteiger partial charge is 0.0831 e. The molecule has 27 heavy (non-hydrogen) atoms. The molecule has 2 nitrogen and oxygen atoms in total. The molecule has 1 atom stereocenters. The summed E-state index contributed by atoms with van der Waals surface area (Å²) >= 11 is 0. The highest BCUT2D eigenvalue weighted by Gasteiger charge is 2.29. The number of hydrazone groups is 1. The average molecular weight is 354 g/mol. The van der Waals surface area contributed by atoms with E-state index in [2.05, 4.69) is 105 Å². The first-order chi connectivity index (χ1) is 13.0. The van der Waals surface area contributed by atoms with Gasteiger partial charge in [0.15, 0.2) is 0 Å². The van der Waals surface area contributed by atoms with Crippen LogP contribution in [0, 0.1) is 0 Å². The number of rotatable bonds is 3. The van der Waals surface area contributed by atoms with Crippen molar-refractivity contribution in [1.82, 2.24) is 0 Å². The largest absolute Gasteiger partial charge is 0.257 e. The Labute approximate surface area is 162 Å². The molecule has 0 aliphatic carbocycles. The summed E-state index contributed by atoms with van der Waals surface area (Å²) in [6, 6.07) is 30.3. The van der Waals surface area contributed by atoms with Gasteiger partial charge in [0, 0.05) is 6.42 Å². The standard InChI is InChI=1S/C25H26N2/c1-25(2,3)21-16-14-19(15-17-21)23-18-24(20-10-6-4-7-11-20)27(26-23)22-12-8-5-9-13-22/h4-17,24H,18H2,1-3H3. The lowest BCUT2D eigenvalue weighted by Gasteiger charge is -2.23. The fourth-order valence-electron chi connectivity index (χ4n) is 3.60. The van der Waals surface area contributed by atoms with Crippen molar-refractivity contribution < 1.29 is 0 Å². The number of benzene rings is 3. The number of hydrogen-bond acceptors (Lipinski definition) is 2. The third kappa shape index (κ3) is 3.66. The van der Waals surface area contributed by atoms with Crippen molar-refractivity contribution in [3.8, 4) is 0 Å². The van der Waals surface area contributed by atoms with Crippen LogP contribution in [0.4, 0.5) is 5.69 Å². The number of nitrogens with zero attached hydrogens (tertiary/aromatic N) is 2. The van der Waals surface area contributed by atoms with Crippen LogP contribution >= 0.6 is 0 Å². The Kier molecular flexibility index (Phi) is 4.57. The third-order valence-electron chi connectivity index (χ3n) is 5.20. The van der Waals surface area contributed by atoms with Crippen LogP contribution in [0.1, 0.15) is 49.9 Å². The maximum Gasteiger partial charge on any atom is 0.0831 e. The molecule has 0 bridgehead atoms. The van der Waals surface area contributed by atoms with E-state index in [1.807, 2.05) is 6.07 Å². The molecule has 0 saturated heterocycles. The number of hydrogen-bond donors (Lipinski definition) is 0. The molecule has 0 fully saturated rings. The van der Waals surface area contributed by atoms with Crippen molar-refractivity contribution in [3.05, 3.63) is 102 Å². The van der Waals surface area contributed by atoms with E-state index in [1.54, 1.807) is 0 Å². The molecule has 1 aliphatic rings. The second kappa shape index (κ2) is 7.03. The van der Waals surface area contributed by atoms with Gasteiger partial charge in [-0.15, -0.1) is 0 Å². The van der Waals surface area contributed by atoms with Gasteiger partial charge in [-0.05, 0) is 34.2 Å². The van der Waals surface area contributed by atoms with Crippen molar-refractivity contribution in [2.24, 2.45) is 5.10 Å². The van der Waals surface area contributed by atoms with Crippen molar-refractivity contribution in [1.29, 1.82) is 0 Å². The van der Waals surface area contributed by atoms with E-state index < -0.39 is 0 Å². The van der Waals surface area contributed by atoms with Gasteiger partial charge >= 0.3 is 0 Å². The summed E-state index contributed by atoms with van der Waals surface area (Å²) in [5.41, 5.74) is 6.30. The summed E-state index contributed by atoms with van der Waals surface area (Å²) < 4.78 is 0. The van der Waals surface area contributed by atoms with Crippen LogP contribution in [0.5, 0.6) is 0 Å². The second-order valence-corrected chi connectivity index (χ2v) is 8.18. The van der Waals surface area contributed by atoms with Crippen LogP contribution < -0.4 is 5.01 Å². The lowest BCUT2D eigenvalue weighted by atomic mass is 9.86. The minimum absolute atomic E-state index is 0.165. The highest BCUT2D eigenvalue weighted by Crippen LogP contribution is 2.36. The van der Waals surface area contributed by atoms with Crippen molar-refractivity contribution in [3.63, 3.8) is 0 Å². The summed E-state index contributed by atoms with van der Waals surface area (Å²) in [6.45, 7) is 6.74. The van der Waals surface area contributed by atoms with Crippen molar-refractivity contribution >= 4 is 11.4 Å². The Balaban J connectivity index is 1.70. The van der Waals surface area contributed by atoms with Crippen molar-refractivity contribution in [2.45, 2.75) is 38.6 Å². The fourth-order valence-corrected chi connectivity index (χ4v) is 3.60. The van der Waals surface area contributed by atoms with E-state index in [0.717, 1.165) is 17.8 Å². The predicted molar refractivity (Wildman–Crippen MR) is 114 cm³/mol. The number of anilines is 1. The molecule has 4 rings (SSSR count). The Bertz CT molecular complexity index is 920. The van der Waals surface area contributed by atoms with Gasteiger partial charge in [-0.25, -0.2) is 0 Å². The van der Waals surface area contributed by atoms with Gasteiger partial charge in [-0.1, -0.05) is 93.6 Å². The summed E-state index contributed by atoms with van der Waals surface area (Å²) in [4.78, 5) is 0. The molecule has 136 valence electrons.